The minimum atomic E-state index is -0.559. The average molecular weight is 282 g/mol. The van der Waals surface area contributed by atoms with Crippen LogP contribution < -0.4 is 11.1 Å². The van der Waals surface area contributed by atoms with Gasteiger partial charge in [-0.25, -0.2) is 4.68 Å². The fourth-order valence-electron chi connectivity index (χ4n) is 1.55. The molecule has 2 rings (SSSR count). The third-order valence-electron chi connectivity index (χ3n) is 2.46. The molecule has 0 radical (unpaired) electrons. The van der Waals surface area contributed by atoms with Gasteiger partial charge >= 0.3 is 0 Å². The number of nitrogens with one attached hydrogen (secondary N) is 1. The lowest BCUT2D eigenvalue weighted by Crippen LogP contribution is -2.28. The van der Waals surface area contributed by atoms with Crippen LogP contribution in [0.3, 0.4) is 0 Å². The molecule has 8 heteroatoms. The van der Waals surface area contributed by atoms with Crippen LogP contribution in [0.4, 0.5) is 5.69 Å². The van der Waals surface area contributed by atoms with Gasteiger partial charge < -0.3 is 0 Å². The Morgan fingerprint density at radius 2 is 2.00 bits per heavy atom. The van der Waals surface area contributed by atoms with E-state index >= 15 is 0 Å². The zero-order valence-corrected chi connectivity index (χ0v) is 10.3. The molecule has 0 bridgehead atoms. The largest absolute Gasteiger partial charge is 0.269 e. The highest BCUT2D eigenvalue weighted by molar-refractivity contribution is 6.31. The van der Waals surface area contributed by atoms with Gasteiger partial charge in [0, 0.05) is 29.3 Å². The molecule has 0 fully saturated rings. The number of non-ortho nitro benzene ring substituents is 1. The molecule has 0 aliphatic rings. The third-order valence-corrected chi connectivity index (χ3v) is 2.83. The Bertz CT molecular complexity index is 750. The standard InChI is InChI=1S/C11H8ClN3O4/c12-9-2-1-8(15(18)19)5-7(9)6-14-11(17)4-3-10(16)13-14/h1-5H,6H2,(H,13,16). The lowest BCUT2D eigenvalue weighted by atomic mass is 10.2. The number of nitro benzene ring substituents is 1. The summed E-state index contributed by atoms with van der Waals surface area (Å²) in [6, 6.07) is 6.13. The number of H-pyrrole nitrogens is 1. The van der Waals surface area contributed by atoms with Crippen LogP contribution in [-0.2, 0) is 6.54 Å². The predicted octanol–water partition coefficient (Wildman–Crippen LogP) is 1.15. The molecule has 1 N–H and O–H groups in total. The van der Waals surface area contributed by atoms with Crippen LogP contribution >= 0.6 is 11.6 Å². The van der Waals surface area contributed by atoms with E-state index in [1.807, 2.05) is 0 Å². The molecule has 1 aromatic heterocycles. The number of nitro groups is 1. The molecule has 0 aliphatic carbocycles. The molecule has 0 saturated heterocycles. The van der Waals surface area contributed by atoms with E-state index < -0.39 is 16.0 Å². The normalized spacial score (nSPS) is 10.4. The Kier molecular flexibility index (Phi) is 3.48. The third kappa shape index (κ3) is 2.89. The maximum Gasteiger partial charge on any atom is 0.269 e. The zero-order chi connectivity index (χ0) is 14.0. The van der Waals surface area contributed by atoms with E-state index in [-0.39, 0.29) is 17.3 Å². The topological polar surface area (TPSA) is 98.0 Å². The Morgan fingerprint density at radius 3 is 2.68 bits per heavy atom. The van der Waals surface area contributed by atoms with Crippen molar-refractivity contribution in [2.24, 2.45) is 0 Å². The van der Waals surface area contributed by atoms with Gasteiger partial charge in [0.25, 0.3) is 16.8 Å². The highest BCUT2D eigenvalue weighted by atomic mass is 35.5. The lowest BCUT2D eigenvalue weighted by molar-refractivity contribution is -0.384. The Balaban J connectivity index is 2.45. The fourth-order valence-corrected chi connectivity index (χ4v) is 1.72. The molecule has 19 heavy (non-hydrogen) atoms. The van der Waals surface area contributed by atoms with Crippen LogP contribution in [0, 0.1) is 10.1 Å². The fraction of sp³-hybridized carbons (Fsp3) is 0.0909. The van der Waals surface area contributed by atoms with Crippen molar-refractivity contribution in [3.05, 3.63) is 71.7 Å². The molecule has 1 heterocycles. The van der Waals surface area contributed by atoms with E-state index in [0.29, 0.717) is 5.56 Å². The SMILES string of the molecule is O=c1ccc(=O)n(Cc2cc([N+](=O)[O-])ccc2Cl)[nH]1. The summed E-state index contributed by atoms with van der Waals surface area (Å²) < 4.78 is 1.03. The second-order valence-electron chi connectivity index (χ2n) is 3.77. The van der Waals surface area contributed by atoms with Gasteiger partial charge in [0.2, 0.25) is 0 Å². The number of hydrogen-bond donors (Lipinski definition) is 1. The maximum absolute atomic E-state index is 11.5. The van der Waals surface area contributed by atoms with Crippen molar-refractivity contribution < 1.29 is 4.92 Å². The van der Waals surface area contributed by atoms with E-state index in [1.54, 1.807) is 0 Å². The summed E-state index contributed by atoms with van der Waals surface area (Å²) >= 11 is 5.91. The Hall–Kier alpha value is -2.41. The van der Waals surface area contributed by atoms with Gasteiger partial charge in [0.15, 0.2) is 0 Å². The molecule has 0 amide bonds. The van der Waals surface area contributed by atoms with Gasteiger partial charge in [-0.05, 0) is 11.6 Å². The number of halogens is 1. The summed E-state index contributed by atoms with van der Waals surface area (Å²) in [5, 5.41) is 13.3. The first-order valence-electron chi connectivity index (χ1n) is 5.20. The summed E-state index contributed by atoms with van der Waals surface area (Å²) in [7, 11) is 0. The molecule has 1 aromatic carbocycles. The van der Waals surface area contributed by atoms with Crippen LogP contribution in [0.15, 0.2) is 39.9 Å². The van der Waals surface area contributed by atoms with Gasteiger partial charge in [-0.15, -0.1) is 0 Å². The summed E-state index contributed by atoms with van der Waals surface area (Å²) in [6.45, 7) is -0.0462. The molecular formula is C11H8ClN3O4. The van der Waals surface area contributed by atoms with Crippen molar-refractivity contribution in [2.75, 3.05) is 0 Å². The van der Waals surface area contributed by atoms with E-state index in [1.165, 1.54) is 18.2 Å². The molecule has 0 unspecified atom stereocenters. The summed E-state index contributed by atoms with van der Waals surface area (Å²) in [5.74, 6) is 0. The number of aromatic amines is 1. The summed E-state index contributed by atoms with van der Waals surface area (Å²) in [6.07, 6.45) is 0. The van der Waals surface area contributed by atoms with E-state index in [4.69, 9.17) is 11.6 Å². The molecular weight excluding hydrogens is 274 g/mol. The molecule has 98 valence electrons. The predicted molar refractivity (Wildman–Crippen MR) is 68.5 cm³/mol. The Morgan fingerprint density at radius 1 is 1.26 bits per heavy atom. The van der Waals surface area contributed by atoms with Crippen molar-refractivity contribution >= 4 is 17.3 Å². The van der Waals surface area contributed by atoms with Crippen LogP contribution in [-0.4, -0.2) is 14.7 Å². The lowest BCUT2D eigenvalue weighted by Gasteiger charge is -2.06. The van der Waals surface area contributed by atoms with Gasteiger partial charge in [-0.3, -0.25) is 24.8 Å². The summed E-state index contributed by atoms with van der Waals surface area (Å²) in [5.41, 5.74) is -0.631. The van der Waals surface area contributed by atoms with Gasteiger partial charge in [-0.2, -0.15) is 0 Å². The first kappa shape index (κ1) is 13.0. The minimum Gasteiger partial charge on any atom is -0.268 e. The molecule has 7 nitrogen and oxygen atoms in total. The number of hydrogen-bond acceptors (Lipinski definition) is 4. The van der Waals surface area contributed by atoms with Crippen LogP contribution in [0.1, 0.15) is 5.56 Å². The van der Waals surface area contributed by atoms with Gasteiger partial charge in [-0.1, -0.05) is 11.6 Å². The van der Waals surface area contributed by atoms with Crippen molar-refractivity contribution in [3.8, 4) is 0 Å². The maximum atomic E-state index is 11.5. The highest BCUT2D eigenvalue weighted by Crippen LogP contribution is 2.22. The smallest absolute Gasteiger partial charge is 0.268 e. The average Bonchev–Trinajstić information content (AvgIpc) is 2.36. The van der Waals surface area contributed by atoms with Crippen LogP contribution in [0.2, 0.25) is 5.02 Å². The van der Waals surface area contributed by atoms with Crippen molar-refractivity contribution in [1.29, 1.82) is 0 Å². The van der Waals surface area contributed by atoms with Crippen molar-refractivity contribution in [3.63, 3.8) is 0 Å². The number of nitrogens with zero attached hydrogens (tertiary/aromatic N) is 2. The second kappa shape index (κ2) is 5.07. The van der Waals surface area contributed by atoms with E-state index in [0.717, 1.165) is 16.8 Å². The quantitative estimate of drug-likeness (QED) is 0.674. The first-order chi connectivity index (χ1) is 8.97. The number of aromatic nitrogens is 2. The molecule has 0 atom stereocenters. The van der Waals surface area contributed by atoms with Crippen molar-refractivity contribution in [2.45, 2.75) is 6.54 Å². The number of rotatable bonds is 3. The summed E-state index contributed by atoms with van der Waals surface area (Å²) in [4.78, 5) is 32.8. The molecule has 2 aromatic rings. The second-order valence-corrected chi connectivity index (χ2v) is 4.17. The highest BCUT2D eigenvalue weighted by Gasteiger charge is 2.10. The Labute approximate surface area is 111 Å². The first-order valence-corrected chi connectivity index (χ1v) is 5.58. The molecule has 0 aliphatic heterocycles. The number of benzene rings is 1. The van der Waals surface area contributed by atoms with E-state index in [9.17, 15) is 19.7 Å². The monoisotopic (exact) mass is 281 g/mol. The van der Waals surface area contributed by atoms with E-state index in [2.05, 4.69) is 5.10 Å². The molecule has 0 saturated carbocycles. The van der Waals surface area contributed by atoms with Gasteiger partial charge in [0.1, 0.15) is 0 Å². The molecule has 0 spiro atoms. The zero-order valence-electron chi connectivity index (χ0n) is 9.50. The van der Waals surface area contributed by atoms with Gasteiger partial charge in [0.05, 0.1) is 11.5 Å². The van der Waals surface area contributed by atoms with Crippen molar-refractivity contribution in [1.82, 2.24) is 9.78 Å². The van der Waals surface area contributed by atoms with Crippen LogP contribution in [0.25, 0.3) is 0 Å². The minimum absolute atomic E-state index is 0.0462. The van der Waals surface area contributed by atoms with Crippen LogP contribution in [0.5, 0.6) is 0 Å².